The first-order chi connectivity index (χ1) is 12.5. The van der Waals surface area contributed by atoms with E-state index in [1.54, 1.807) is 0 Å². The molecular weight excluding hydrogens is 322 g/mol. The molecule has 2 aliphatic rings. The monoisotopic (exact) mass is 348 g/mol. The largest absolute Gasteiger partial charge is 0.344 e. The maximum absolute atomic E-state index is 12.4. The molecule has 1 saturated heterocycles. The van der Waals surface area contributed by atoms with Crippen LogP contribution in [0.2, 0.25) is 0 Å². The lowest BCUT2D eigenvalue weighted by molar-refractivity contribution is -0.693. The molecule has 0 radical (unpaired) electrons. The fourth-order valence-corrected chi connectivity index (χ4v) is 4.37. The van der Waals surface area contributed by atoms with Crippen LogP contribution in [-0.4, -0.2) is 18.1 Å². The number of aromatic nitrogens is 1. The highest BCUT2D eigenvalue weighted by atomic mass is 16.2. The second kappa shape index (κ2) is 5.97. The average Bonchev–Trinajstić information content (AvgIpc) is 2.85. The van der Waals surface area contributed by atoms with Gasteiger partial charge in [0.15, 0.2) is 12.4 Å². The van der Waals surface area contributed by atoms with Crippen LogP contribution in [0.15, 0.2) is 54.9 Å². The molecular formula is C22H26N3O+. The summed E-state index contributed by atoms with van der Waals surface area (Å²) in [7, 11) is 0. The van der Waals surface area contributed by atoms with Crippen molar-refractivity contribution in [2.24, 2.45) is 0 Å². The summed E-state index contributed by atoms with van der Waals surface area (Å²) >= 11 is 0. The maximum Gasteiger partial charge on any atom is 0.223 e. The molecule has 1 fully saturated rings. The highest BCUT2D eigenvalue weighted by Gasteiger charge is 2.57. The van der Waals surface area contributed by atoms with Crippen LogP contribution in [-0.2, 0) is 16.8 Å². The van der Waals surface area contributed by atoms with Crippen LogP contribution >= 0.6 is 0 Å². The van der Waals surface area contributed by atoms with Gasteiger partial charge in [-0.05, 0) is 36.8 Å². The Kier molecular flexibility index (Phi) is 3.87. The van der Waals surface area contributed by atoms with Crippen molar-refractivity contribution in [3.05, 3.63) is 66.0 Å². The number of nitrogens with one attached hydrogen (secondary N) is 1. The predicted octanol–water partition coefficient (Wildman–Crippen LogP) is 3.02. The van der Waals surface area contributed by atoms with Gasteiger partial charge in [0.25, 0.3) is 0 Å². The summed E-state index contributed by atoms with van der Waals surface area (Å²) in [5.74, 6) is 0.114. The molecule has 2 aliphatic heterocycles. The predicted molar refractivity (Wildman–Crippen MR) is 104 cm³/mol. The third kappa shape index (κ3) is 2.36. The van der Waals surface area contributed by atoms with E-state index in [0.29, 0.717) is 6.42 Å². The molecule has 4 nitrogen and oxygen atoms in total. The van der Waals surface area contributed by atoms with Crippen LogP contribution in [0.1, 0.15) is 38.3 Å². The van der Waals surface area contributed by atoms with Crippen LogP contribution in [0.3, 0.4) is 0 Å². The molecule has 4 heteroatoms. The number of fused-ring (bicyclic) bond motifs is 3. The van der Waals surface area contributed by atoms with Crippen LogP contribution in [0.5, 0.6) is 0 Å². The zero-order chi connectivity index (χ0) is 18.4. The van der Waals surface area contributed by atoms with Gasteiger partial charge in [0.1, 0.15) is 12.2 Å². The van der Waals surface area contributed by atoms with Crippen molar-refractivity contribution in [3.63, 3.8) is 0 Å². The fourth-order valence-electron chi connectivity index (χ4n) is 4.37. The van der Waals surface area contributed by atoms with Crippen molar-refractivity contribution in [3.8, 4) is 0 Å². The van der Waals surface area contributed by atoms with Crippen molar-refractivity contribution in [2.45, 2.75) is 44.8 Å². The molecule has 1 aromatic carbocycles. The van der Waals surface area contributed by atoms with Crippen molar-refractivity contribution in [1.82, 2.24) is 5.32 Å². The Balaban J connectivity index is 1.82. The Morgan fingerprint density at radius 3 is 2.85 bits per heavy atom. The first-order valence-electron chi connectivity index (χ1n) is 9.34. The normalized spacial score (nSPS) is 23.7. The SMILES string of the molecule is CC[n+]1cccc(/C=C/[C@@]23NC(=O)CCN2c2ccccc2C3(C)C)c1. The molecule has 0 aliphatic carbocycles. The van der Waals surface area contributed by atoms with E-state index in [2.05, 4.69) is 96.5 Å². The molecule has 0 bridgehead atoms. The average molecular weight is 348 g/mol. The highest BCUT2D eigenvalue weighted by molar-refractivity contribution is 5.84. The van der Waals surface area contributed by atoms with E-state index in [1.165, 1.54) is 11.3 Å². The van der Waals surface area contributed by atoms with Gasteiger partial charge in [-0.3, -0.25) is 4.79 Å². The van der Waals surface area contributed by atoms with Crippen molar-refractivity contribution in [1.29, 1.82) is 0 Å². The molecule has 1 N–H and O–H groups in total. The molecule has 1 aromatic heterocycles. The van der Waals surface area contributed by atoms with Crippen molar-refractivity contribution in [2.75, 3.05) is 11.4 Å². The van der Waals surface area contributed by atoms with Crippen LogP contribution in [0, 0.1) is 0 Å². The van der Waals surface area contributed by atoms with Gasteiger partial charge >= 0.3 is 0 Å². The van der Waals surface area contributed by atoms with E-state index >= 15 is 0 Å². The van der Waals surface area contributed by atoms with E-state index in [1.807, 2.05) is 0 Å². The van der Waals surface area contributed by atoms with Gasteiger partial charge in [0.05, 0.1) is 0 Å². The van der Waals surface area contributed by atoms with Gasteiger partial charge in [-0.2, -0.15) is 0 Å². The molecule has 2 aromatic rings. The number of benzene rings is 1. The van der Waals surface area contributed by atoms with E-state index in [9.17, 15) is 4.79 Å². The van der Waals surface area contributed by atoms with E-state index in [-0.39, 0.29) is 11.3 Å². The Labute approximate surface area is 155 Å². The Bertz CT molecular complexity index is 886. The van der Waals surface area contributed by atoms with Gasteiger partial charge in [0, 0.05) is 35.7 Å². The van der Waals surface area contributed by atoms with Crippen LogP contribution < -0.4 is 14.8 Å². The minimum atomic E-state index is -0.543. The number of rotatable bonds is 3. The van der Waals surface area contributed by atoms with Gasteiger partial charge in [-0.25, -0.2) is 4.57 Å². The molecule has 1 atom stereocenters. The number of para-hydroxylation sites is 1. The quantitative estimate of drug-likeness (QED) is 0.866. The lowest BCUT2D eigenvalue weighted by Crippen LogP contribution is -2.68. The maximum atomic E-state index is 12.4. The van der Waals surface area contributed by atoms with E-state index < -0.39 is 5.66 Å². The van der Waals surface area contributed by atoms with Crippen LogP contribution in [0.4, 0.5) is 5.69 Å². The topological polar surface area (TPSA) is 36.2 Å². The standard InChI is InChI=1S/C22H25N3O/c1-4-24-14-7-8-17(16-24)11-13-22-21(2,3)18-9-5-6-10-19(18)25(22)15-12-20(26)23-22/h5-11,13-14,16H,4,12,15H2,1-3H3/p+1/b13-11+/t22-/m1/s1. The lowest BCUT2D eigenvalue weighted by atomic mass is 9.74. The first kappa shape index (κ1) is 16.8. The molecule has 1 amide bonds. The number of aryl methyl sites for hydroxylation is 1. The molecule has 26 heavy (non-hydrogen) atoms. The zero-order valence-corrected chi connectivity index (χ0v) is 15.7. The van der Waals surface area contributed by atoms with Gasteiger partial charge < -0.3 is 10.2 Å². The minimum Gasteiger partial charge on any atom is -0.344 e. The summed E-state index contributed by atoms with van der Waals surface area (Å²) < 4.78 is 2.16. The summed E-state index contributed by atoms with van der Waals surface area (Å²) in [5, 5.41) is 3.32. The summed E-state index contributed by atoms with van der Waals surface area (Å²) in [6, 6.07) is 12.7. The number of hydrogen-bond donors (Lipinski definition) is 1. The summed E-state index contributed by atoms with van der Waals surface area (Å²) in [6.07, 6.45) is 9.05. The fraction of sp³-hybridized carbons (Fsp3) is 0.364. The van der Waals surface area contributed by atoms with E-state index in [0.717, 1.165) is 18.7 Å². The Morgan fingerprint density at radius 2 is 2.04 bits per heavy atom. The minimum absolute atomic E-state index is 0.114. The highest BCUT2D eigenvalue weighted by Crippen LogP contribution is 2.52. The number of pyridine rings is 1. The molecule has 0 saturated carbocycles. The summed E-state index contributed by atoms with van der Waals surface area (Å²) in [6.45, 7) is 8.25. The van der Waals surface area contributed by atoms with Crippen LogP contribution in [0.25, 0.3) is 6.08 Å². The van der Waals surface area contributed by atoms with Gasteiger partial charge in [-0.1, -0.05) is 32.0 Å². The lowest BCUT2D eigenvalue weighted by Gasteiger charge is -2.49. The number of anilines is 1. The number of amides is 1. The second-order valence-corrected chi connectivity index (χ2v) is 7.66. The third-order valence-electron chi connectivity index (χ3n) is 5.90. The van der Waals surface area contributed by atoms with Crippen molar-refractivity contribution < 1.29 is 9.36 Å². The molecule has 3 heterocycles. The van der Waals surface area contributed by atoms with Gasteiger partial charge in [0.2, 0.25) is 5.91 Å². The zero-order valence-electron chi connectivity index (χ0n) is 15.7. The molecule has 4 rings (SSSR count). The van der Waals surface area contributed by atoms with E-state index in [4.69, 9.17) is 0 Å². The molecule has 0 unspecified atom stereocenters. The number of carbonyl (C=O) groups is 1. The molecule has 134 valence electrons. The summed E-state index contributed by atoms with van der Waals surface area (Å²) in [5.41, 5.74) is 2.86. The number of hydrogen-bond acceptors (Lipinski definition) is 2. The Morgan fingerprint density at radius 1 is 1.23 bits per heavy atom. The first-order valence-corrected chi connectivity index (χ1v) is 9.34. The Hall–Kier alpha value is -2.62. The number of nitrogens with zero attached hydrogens (tertiary/aromatic N) is 2. The number of carbonyl (C=O) groups excluding carboxylic acids is 1. The molecule has 0 spiro atoms. The van der Waals surface area contributed by atoms with Crippen molar-refractivity contribution >= 4 is 17.7 Å². The summed E-state index contributed by atoms with van der Waals surface area (Å²) in [4.78, 5) is 14.7. The second-order valence-electron chi connectivity index (χ2n) is 7.66. The third-order valence-corrected chi connectivity index (χ3v) is 5.90. The smallest absolute Gasteiger partial charge is 0.223 e. The van der Waals surface area contributed by atoms with Gasteiger partial charge in [-0.15, -0.1) is 0 Å².